The van der Waals surface area contributed by atoms with E-state index in [9.17, 15) is 0 Å². The largest absolute Gasteiger partial charge is 1.00 e. The second-order valence-corrected chi connectivity index (χ2v) is 4.67. The fraction of sp³-hybridized carbons (Fsp3) is 0.462. The number of nitrogens with one attached hydrogen (secondary N) is 1. The fourth-order valence-corrected chi connectivity index (χ4v) is 1.93. The summed E-state index contributed by atoms with van der Waals surface area (Å²) in [5.41, 5.74) is 0.984. The molecule has 0 amide bonds. The van der Waals surface area contributed by atoms with E-state index in [1.807, 2.05) is 24.3 Å². The number of rotatable bonds is 5. The van der Waals surface area contributed by atoms with Crippen molar-refractivity contribution in [3.8, 4) is 0 Å². The number of hydrogen-bond acceptors (Lipinski definition) is 3. The molecule has 6 heteroatoms. The average Bonchev–Trinajstić information content (AvgIpc) is 2.42. The third-order valence-corrected chi connectivity index (χ3v) is 3.15. The molecule has 1 heterocycles. The van der Waals surface area contributed by atoms with Crippen molar-refractivity contribution < 1.29 is 26.9 Å². The highest BCUT2D eigenvalue weighted by Gasteiger charge is 2.12. The minimum absolute atomic E-state index is 0. The van der Waals surface area contributed by atoms with Crippen LogP contribution in [0.3, 0.4) is 0 Å². The van der Waals surface area contributed by atoms with E-state index in [0.29, 0.717) is 6.61 Å². The number of oxime groups is 1. The van der Waals surface area contributed by atoms with Crippen molar-refractivity contribution in [2.24, 2.45) is 5.16 Å². The zero-order valence-electron chi connectivity index (χ0n) is 10.6. The van der Waals surface area contributed by atoms with Gasteiger partial charge in [-0.15, -0.1) is 0 Å². The molecule has 4 nitrogen and oxygen atoms in total. The van der Waals surface area contributed by atoms with E-state index in [-0.39, 0.29) is 12.4 Å². The molecular formula is C13H18Cl2N2O2. The molecule has 1 aliphatic heterocycles. The van der Waals surface area contributed by atoms with Gasteiger partial charge in [0.2, 0.25) is 0 Å². The van der Waals surface area contributed by atoms with Gasteiger partial charge in [0.25, 0.3) is 0 Å². The van der Waals surface area contributed by atoms with Crippen LogP contribution in [0, 0.1) is 0 Å². The standard InChI is InChI=1S/C13H17ClN2O2.ClH/c14-13-3-1-12(2-4-13)11-15-18-10-7-16-5-8-17-9-6-16;/h1-4,11H,5-10H2;1H/b15-11+;. The quantitative estimate of drug-likeness (QED) is 0.374. The number of quaternary nitrogens is 1. The van der Waals surface area contributed by atoms with Crippen LogP contribution in [0.4, 0.5) is 0 Å². The van der Waals surface area contributed by atoms with E-state index in [0.717, 1.165) is 43.4 Å². The first-order chi connectivity index (χ1) is 8.84. The van der Waals surface area contributed by atoms with Crippen molar-refractivity contribution in [1.82, 2.24) is 0 Å². The molecule has 0 spiro atoms. The van der Waals surface area contributed by atoms with Gasteiger partial charge in [-0.05, 0) is 17.7 Å². The number of hydrogen-bond donors (Lipinski definition) is 1. The monoisotopic (exact) mass is 304 g/mol. The molecule has 0 radical (unpaired) electrons. The summed E-state index contributed by atoms with van der Waals surface area (Å²) in [6, 6.07) is 7.48. The lowest BCUT2D eigenvalue weighted by Gasteiger charge is -2.22. The minimum Gasteiger partial charge on any atom is -1.00 e. The van der Waals surface area contributed by atoms with Gasteiger partial charge in [0.15, 0.2) is 6.61 Å². The number of ether oxygens (including phenoxy) is 1. The van der Waals surface area contributed by atoms with Crippen LogP contribution in [0.25, 0.3) is 0 Å². The van der Waals surface area contributed by atoms with Crippen molar-refractivity contribution in [3.63, 3.8) is 0 Å². The Morgan fingerprint density at radius 1 is 1.26 bits per heavy atom. The summed E-state index contributed by atoms with van der Waals surface area (Å²) in [6.07, 6.45) is 1.70. The summed E-state index contributed by atoms with van der Waals surface area (Å²) < 4.78 is 5.29. The van der Waals surface area contributed by atoms with Gasteiger partial charge < -0.3 is 26.9 Å². The van der Waals surface area contributed by atoms with Crippen molar-refractivity contribution in [2.45, 2.75) is 0 Å². The summed E-state index contributed by atoms with van der Waals surface area (Å²) >= 11 is 5.79. The maximum Gasteiger partial charge on any atom is 0.165 e. The van der Waals surface area contributed by atoms with Gasteiger partial charge in [-0.25, -0.2) is 0 Å². The van der Waals surface area contributed by atoms with Crippen molar-refractivity contribution in [1.29, 1.82) is 0 Å². The summed E-state index contributed by atoms with van der Waals surface area (Å²) in [7, 11) is 0. The lowest BCUT2D eigenvalue weighted by atomic mass is 10.2. The second-order valence-electron chi connectivity index (χ2n) is 4.23. The van der Waals surface area contributed by atoms with Crippen LogP contribution >= 0.6 is 11.6 Å². The molecule has 0 atom stereocenters. The van der Waals surface area contributed by atoms with Crippen LogP contribution < -0.4 is 17.3 Å². The van der Waals surface area contributed by atoms with Crippen molar-refractivity contribution in [3.05, 3.63) is 34.9 Å². The Labute approximate surface area is 124 Å². The van der Waals surface area contributed by atoms with Crippen LogP contribution in [-0.4, -0.2) is 45.7 Å². The van der Waals surface area contributed by atoms with Crippen molar-refractivity contribution in [2.75, 3.05) is 39.5 Å². The smallest absolute Gasteiger partial charge is 0.165 e. The first-order valence-corrected chi connectivity index (χ1v) is 6.54. The Kier molecular flexibility index (Phi) is 7.82. The van der Waals surface area contributed by atoms with Gasteiger partial charge in [0, 0.05) is 5.02 Å². The molecule has 106 valence electrons. The van der Waals surface area contributed by atoms with E-state index in [1.54, 1.807) is 6.21 Å². The van der Waals surface area contributed by atoms with Crippen molar-refractivity contribution >= 4 is 17.8 Å². The zero-order valence-corrected chi connectivity index (χ0v) is 12.2. The van der Waals surface area contributed by atoms with Crippen LogP contribution in [0.2, 0.25) is 5.02 Å². The second kappa shape index (κ2) is 9.15. The molecule has 1 N–H and O–H groups in total. The molecule has 19 heavy (non-hydrogen) atoms. The van der Waals surface area contributed by atoms with Gasteiger partial charge in [0.05, 0.1) is 19.4 Å². The van der Waals surface area contributed by atoms with E-state index < -0.39 is 0 Å². The first kappa shape index (κ1) is 16.2. The molecule has 0 unspecified atom stereocenters. The third-order valence-electron chi connectivity index (χ3n) is 2.89. The Morgan fingerprint density at radius 3 is 2.63 bits per heavy atom. The van der Waals surface area contributed by atoms with E-state index in [2.05, 4.69) is 5.16 Å². The lowest BCUT2D eigenvalue weighted by Crippen LogP contribution is -3.14. The predicted molar refractivity (Wildman–Crippen MR) is 71.4 cm³/mol. The summed E-state index contributed by atoms with van der Waals surface area (Å²) in [4.78, 5) is 6.76. The fourth-order valence-electron chi connectivity index (χ4n) is 1.80. The number of morpholine rings is 1. The Bertz CT molecular complexity index is 379. The highest BCUT2D eigenvalue weighted by molar-refractivity contribution is 6.30. The molecule has 0 aliphatic carbocycles. The maximum absolute atomic E-state index is 5.79. The molecular weight excluding hydrogens is 287 g/mol. The van der Waals surface area contributed by atoms with Crippen LogP contribution in [0.1, 0.15) is 5.56 Å². The van der Waals surface area contributed by atoms with E-state index in [4.69, 9.17) is 21.2 Å². The molecule has 1 saturated heterocycles. The lowest BCUT2D eigenvalue weighted by molar-refractivity contribution is -0.908. The summed E-state index contributed by atoms with van der Waals surface area (Å²) in [5.74, 6) is 0. The van der Waals surface area contributed by atoms with Crippen LogP contribution in [-0.2, 0) is 9.57 Å². The number of nitrogens with zero attached hydrogens (tertiary/aromatic N) is 1. The third kappa shape index (κ3) is 6.25. The molecule has 0 saturated carbocycles. The Morgan fingerprint density at radius 2 is 1.95 bits per heavy atom. The number of halogens is 2. The molecule has 1 aromatic carbocycles. The molecule has 1 aromatic rings. The van der Waals surface area contributed by atoms with Crippen LogP contribution in [0.15, 0.2) is 29.4 Å². The van der Waals surface area contributed by atoms with Gasteiger partial charge in [0.1, 0.15) is 19.6 Å². The molecule has 1 fully saturated rings. The van der Waals surface area contributed by atoms with E-state index in [1.165, 1.54) is 4.90 Å². The average molecular weight is 305 g/mol. The zero-order chi connectivity index (χ0) is 12.6. The van der Waals surface area contributed by atoms with Gasteiger partial charge in [-0.2, -0.15) is 0 Å². The highest BCUT2D eigenvalue weighted by atomic mass is 35.5. The highest BCUT2D eigenvalue weighted by Crippen LogP contribution is 2.07. The molecule has 0 aromatic heterocycles. The van der Waals surface area contributed by atoms with Crippen LogP contribution in [0.5, 0.6) is 0 Å². The number of benzene rings is 1. The SMILES string of the molecule is Clc1ccc(/C=N/OCC[NH+]2CCOCC2)cc1.[Cl-]. The predicted octanol–water partition coefficient (Wildman–Crippen LogP) is -2.39. The molecule has 2 rings (SSSR count). The van der Waals surface area contributed by atoms with Gasteiger partial charge >= 0.3 is 0 Å². The topological polar surface area (TPSA) is 35.3 Å². The Balaban J connectivity index is 0.00000180. The maximum atomic E-state index is 5.79. The van der Waals surface area contributed by atoms with Gasteiger partial charge in [-0.3, -0.25) is 0 Å². The molecule has 0 bridgehead atoms. The minimum atomic E-state index is 0. The Hall–Kier alpha value is -0.810. The normalized spacial score (nSPS) is 16.3. The summed E-state index contributed by atoms with van der Waals surface area (Å²) in [5, 5.41) is 4.67. The summed E-state index contributed by atoms with van der Waals surface area (Å²) in [6.45, 7) is 5.43. The molecule has 1 aliphatic rings. The van der Waals surface area contributed by atoms with Gasteiger partial charge in [-0.1, -0.05) is 28.9 Å². The first-order valence-electron chi connectivity index (χ1n) is 6.17. The van der Waals surface area contributed by atoms with E-state index >= 15 is 0 Å².